The molecule has 1 heterocycles. The van der Waals surface area contributed by atoms with Crippen molar-refractivity contribution in [3.05, 3.63) is 35.9 Å². The highest BCUT2D eigenvalue weighted by molar-refractivity contribution is 8.14. The molecule has 2 atom stereocenters. The van der Waals surface area contributed by atoms with Gasteiger partial charge in [-0.05, 0) is 44.1 Å². The number of benzene rings is 1. The lowest BCUT2D eigenvalue weighted by Crippen LogP contribution is -2.52. The minimum absolute atomic E-state index is 0.00911. The number of amides is 2. The summed E-state index contributed by atoms with van der Waals surface area (Å²) < 4.78 is 0. The van der Waals surface area contributed by atoms with Crippen molar-refractivity contribution >= 4 is 34.5 Å². The van der Waals surface area contributed by atoms with Crippen molar-refractivity contribution in [2.75, 3.05) is 12.3 Å². The fourth-order valence-electron chi connectivity index (χ4n) is 5.75. The fraction of sp³-hybridized carbons (Fsp3) is 0.643. The number of hydrogen-bond donors (Lipinski definition) is 2. The number of thioether (sulfide) groups is 1. The molecule has 1 unspecified atom stereocenters. The van der Waals surface area contributed by atoms with Crippen molar-refractivity contribution in [1.29, 1.82) is 0 Å². The second-order valence-electron chi connectivity index (χ2n) is 10.4. The van der Waals surface area contributed by atoms with Gasteiger partial charge >= 0.3 is 5.91 Å². The number of nitrogens with one attached hydrogen (secondary N) is 2. The Morgan fingerprint density at radius 3 is 2.28 bits per heavy atom. The molecule has 0 spiro atoms. The summed E-state index contributed by atoms with van der Waals surface area (Å²) in [5, 5.41) is 8.09. The molecule has 1 aromatic rings. The molecule has 2 amide bonds. The molecule has 196 valence electrons. The average molecular weight is 513 g/mol. The Hall–Kier alpha value is -2.35. The quantitative estimate of drug-likeness (QED) is 0.297. The van der Waals surface area contributed by atoms with E-state index in [4.69, 9.17) is 0 Å². The number of hydrogen-bond acceptors (Lipinski definition) is 5. The minimum Gasteiger partial charge on any atom is -0.345 e. The number of carbonyl (C=O) groups is 3. The summed E-state index contributed by atoms with van der Waals surface area (Å²) in [7, 11) is 0. The molecule has 4 rings (SSSR count). The molecular formula is C28H40N4O3S. The summed E-state index contributed by atoms with van der Waals surface area (Å²) in [5.41, 5.74) is 3.70. The second-order valence-corrected chi connectivity index (χ2v) is 11.5. The van der Waals surface area contributed by atoms with E-state index in [0.717, 1.165) is 82.9 Å². The lowest BCUT2D eigenvalue weighted by Gasteiger charge is -2.30. The average Bonchev–Trinajstić information content (AvgIpc) is 3.22. The van der Waals surface area contributed by atoms with Gasteiger partial charge in [0, 0.05) is 18.2 Å². The van der Waals surface area contributed by atoms with Gasteiger partial charge in [-0.25, -0.2) is 5.43 Å². The highest BCUT2D eigenvalue weighted by Gasteiger charge is 2.36. The third-order valence-electron chi connectivity index (χ3n) is 7.96. The predicted molar refractivity (Wildman–Crippen MR) is 144 cm³/mol. The van der Waals surface area contributed by atoms with Gasteiger partial charge < -0.3 is 10.2 Å². The standard InChI is InChI=1S/C28H40N4O3S/c1-20(21-12-8-4-9-13-21)32-18-19-36-28(32)31-30-27(35)25(33)24(22-14-10-5-11-15-22)29-26(34)23-16-6-2-3-7-17-23/h4,8-9,12-13,20,22-24H,2-3,5-7,10-11,14-19H2,1H3,(H,29,34)(H,30,35)/t20-,24?/m1/s1. The van der Waals surface area contributed by atoms with Gasteiger partial charge in [0.1, 0.15) is 6.04 Å². The first kappa shape index (κ1) is 26.7. The SMILES string of the molecule is C[C@H](c1ccccc1)N1CCSC1=NNC(=O)C(=O)C(NC(=O)C1CCCCCC1)C1CCCCC1. The summed E-state index contributed by atoms with van der Waals surface area (Å²) in [6.07, 6.45) is 11.1. The van der Waals surface area contributed by atoms with E-state index in [1.54, 1.807) is 11.8 Å². The van der Waals surface area contributed by atoms with E-state index in [9.17, 15) is 14.4 Å². The summed E-state index contributed by atoms with van der Waals surface area (Å²) in [6.45, 7) is 2.94. The Bertz CT molecular complexity index is 924. The van der Waals surface area contributed by atoms with Crippen LogP contribution in [0.1, 0.15) is 89.2 Å². The molecule has 2 aliphatic carbocycles. The van der Waals surface area contributed by atoms with E-state index in [1.165, 1.54) is 5.56 Å². The van der Waals surface area contributed by atoms with Crippen LogP contribution in [0, 0.1) is 11.8 Å². The zero-order valence-electron chi connectivity index (χ0n) is 21.4. The van der Waals surface area contributed by atoms with E-state index in [2.05, 4.69) is 39.8 Å². The molecule has 3 aliphatic rings. The predicted octanol–water partition coefficient (Wildman–Crippen LogP) is 4.79. The Balaban J connectivity index is 1.42. The lowest BCUT2D eigenvalue weighted by molar-refractivity contribution is -0.141. The third kappa shape index (κ3) is 6.90. The maximum absolute atomic E-state index is 13.4. The second kappa shape index (κ2) is 13.3. The molecule has 2 saturated carbocycles. The van der Waals surface area contributed by atoms with Crippen LogP contribution in [0.15, 0.2) is 35.4 Å². The van der Waals surface area contributed by atoms with Crippen LogP contribution in [0.25, 0.3) is 0 Å². The first-order valence-electron chi connectivity index (χ1n) is 13.7. The van der Waals surface area contributed by atoms with E-state index >= 15 is 0 Å². The van der Waals surface area contributed by atoms with Crippen LogP contribution in [-0.2, 0) is 14.4 Å². The van der Waals surface area contributed by atoms with Crippen molar-refractivity contribution < 1.29 is 14.4 Å². The van der Waals surface area contributed by atoms with E-state index < -0.39 is 17.7 Å². The highest BCUT2D eigenvalue weighted by atomic mass is 32.2. The Labute approximate surface area is 219 Å². The maximum Gasteiger partial charge on any atom is 0.309 e. The lowest BCUT2D eigenvalue weighted by atomic mass is 9.81. The van der Waals surface area contributed by atoms with E-state index in [0.29, 0.717) is 5.17 Å². The molecule has 7 nitrogen and oxygen atoms in total. The van der Waals surface area contributed by atoms with Gasteiger partial charge in [-0.3, -0.25) is 14.4 Å². The number of hydrazone groups is 1. The zero-order chi connectivity index (χ0) is 25.3. The number of carbonyl (C=O) groups excluding carboxylic acids is 3. The molecule has 1 saturated heterocycles. The monoisotopic (exact) mass is 512 g/mol. The van der Waals surface area contributed by atoms with Crippen molar-refractivity contribution in [3.8, 4) is 0 Å². The largest absolute Gasteiger partial charge is 0.345 e. The van der Waals surface area contributed by atoms with Gasteiger partial charge in [0.25, 0.3) is 0 Å². The molecule has 0 bridgehead atoms. The van der Waals surface area contributed by atoms with Crippen LogP contribution in [0.2, 0.25) is 0 Å². The van der Waals surface area contributed by atoms with Gasteiger partial charge in [0.05, 0.1) is 6.04 Å². The van der Waals surface area contributed by atoms with E-state index in [1.807, 2.05) is 18.2 Å². The normalized spacial score (nSPS) is 22.6. The minimum atomic E-state index is -0.767. The van der Waals surface area contributed by atoms with Gasteiger partial charge in [-0.1, -0.05) is 87.0 Å². The molecular weight excluding hydrogens is 472 g/mol. The van der Waals surface area contributed by atoms with Crippen molar-refractivity contribution in [1.82, 2.24) is 15.6 Å². The molecule has 3 fully saturated rings. The molecule has 2 N–H and O–H groups in total. The number of nitrogens with zero attached hydrogens (tertiary/aromatic N) is 2. The van der Waals surface area contributed by atoms with Gasteiger partial charge in [0.15, 0.2) is 5.17 Å². The van der Waals surface area contributed by atoms with Crippen molar-refractivity contribution in [2.24, 2.45) is 16.9 Å². The summed E-state index contributed by atoms with van der Waals surface area (Å²) >= 11 is 1.58. The molecule has 0 aromatic heterocycles. The van der Waals surface area contributed by atoms with Gasteiger partial charge in [-0.15, -0.1) is 5.10 Å². The molecule has 1 aromatic carbocycles. The summed E-state index contributed by atoms with van der Waals surface area (Å²) in [6, 6.07) is 9.53. The number of rotatable bonds is 8. The summed E-state index contributed by atoms with van der Waals surface area (Å²) in [4.78, 5) is 41.6. The first-order chi connectivity index (χ1) is 17.5. The number of Topliss-reactive ketones (excluding diaryl/α,β-unsaturated/α-hetero) is 1. The third-order valence-corrected chi connectivity index (χ3v) is 8.93. The molecule has 0 radical (unpaired) electrons. The zero-order valence-corrected chi connectivity index (χ0v) is 22.2. The van der Waals surface area contributed by atoms with Crippen LogP contribution in [0.3, 0.4) is 0 Å². The molecule has 1 aliphatic heterocycles. The van der Waals surface area contributed by atoms with Crippen molar-refractivity contribution in [3.63, 3.8) is 0 Å². The van der Waals surface area contributed by atoms with Gasteiger partial charge in [0.2, 0.25) is 11.7 Å². The number of ketones is 1. The van der Waals surface area contributed by atoms with Gasteiger partial charge in [-0.2, -0.15) is 0 Å². The highest BCUT2D eigenvalue weighted by Crippen LogP contribution is 2.30. The van der Waals surface area contributed by atoms with Crippen LogP contribution < -0.4 is 10.7 Å². The smallest absolute Gasteiger partial charge is 0.309 e. The van der Waals surface area contributed by atoms with Crippen molar-refractivity contribution in [2.45, 2.75) is 89.6 Å². The van der Waals surface area contributed by atoms with Crippen LogP contribution in [-0.4, -0.2) is 46.0 Å². The fourth-order valence-corrected chi connectivity index (χ4v) is 6.75. The topological polar surface area (TPSA) is 90.9 Å². The Morgan fingerprint density at radius 2 is 1.58 bits per heavy atom. The first-order valence-corrected chi connectivity index (χ1v) is 14.7. The van der Waals surface area contributed by atoms with Crippen LogP contribution in [0.5, 0.6) is 0 Å². The maximum atomic E-state index is 13.4. The number of amidine groups is 1. The Morgan fingerprint density at radius 1 is 0.944 bits per heavy atom. The van der Waals surface area contributed by atoms with Crippen LogP contribution >= 0.6 is 11.8 Å². The summed E-state index contributed by atoms with van der Waals surface area (Å²) in [5.74, 6) is -0.540. The Kier molecular flexibility index (Phi) is 9.84. The van der Waals surface area contributed by atoms with E-state index in [-0.39, 0.29) is 23.8 Å². The molecule has 8 heteroatoms. The van der Waals surface area contributed by atoms with Crippen LogP contribution in [0.4, 0.5) is 0 Å². The molecule has 36 heavy (non-hydrogen) atoms.